The second-order valence-corrected chi connectivity index (χ2v) is 6.11. The molecule has 2 aromatic carbocycles. The maximum absolute atomic E-state index is 5.40. The number of anilines is 3. The summed E-state index contributed by atoms with van der Waals surface area (Å²) in [4.78, 5) is 9.02. The minimum atomic E-state index is 0.476. The summed E-state index contributed by atoms with van der Waals surface area (Å²) in [5.41, 5.74) is 2.70. The molecule has 3 aromatic rings. The minimum Gasteiger partial charge on any atom is -0.497 e. The van der Waals surface area contributed by atoms with Crippen molar-refractivity contribution in [3.63, 3.8) is 0 Å². The number of rotatable bonds is 8. The molecule has 0 bridgehead atoms. The van der Waals surface area contributed by atoms with Crippen molar-refractivity contribution >= 4 is 17.5 Å². The van der Waals surface area contributed by atoms with E-state index in [1.54, 1.807) is 21.3 Å². The minimum absolute atomic E-state index is 0.476. The summed E-state index contributed by atoms with van der Waals surface area (Å²) in [5, 5.41) is 6.54. The molecule has 0 saturated carbocycles. The lowest BCUT2D eigenvalue weighted by Gasteiger charge is -2.13. The Balaban J connectivity index is 1.76. The molecule has 0 fully saturated rings. The van der Waals surface area contributed by atoms with Gasteiger partial charge in [0, 0.05) is 24.4 Å². The van der Waals surface area contributed by atoms with Crippen LogP contribution in [0.5, 0.6) is 17.2 Å². The van der Waals surface area contributed by atoms with Gasteiger partial charge in [0.15, 0.2) is 0 Å². The molecule has 0 amide bonds. The van der Waals surface area contributed by atoms with E-state index in [0.717, 1.165) is 28.5 Å². The summed E-state index contributed by atoms with van der Waals surface area (Å²) < 4.78 is 15.9. The van der Waals surface area contributed by atoms with Crippen LogP contribution in [0.2, 0.25) is 0 Å². The molecule has 2 N–H and O–H groups in total. The van der Waals surface area contributed by atoms with Gasteiger partial charge in [-0.15, -0.1) is 0 Å². The number of aryl methyl sites for hydroxylation is 1. The topological polar surface area (TPSA) is 77.5 Å². The summed E-state index contributed by atoms with van der Waals surface area (Å²) in [7, 11) is 4.89. The zero-order valence-electron chi connectivity index (χ0n) is 16.4. The van der Waals surface area contributed by atoms with Gasteiger partial charge in [-0.2, -0.15) is 4.98 Å². The van der Waals surface area contributed by atoms with Crippen LogP contribution < -0.4 is 24.8 Å². The number of ether oxygens (including phenoxy) is 3. The molecule has 0 aliphatic carbocycles. The fourth-order valence-corrected chi connectivity index (χ4v) is 2.68. The van der Waals surface area contributed by atoms with Crippen LogP contribution in [0.15, 0.2) is 48.5 Å². The Hall–Kier alpha value is -3.48. The molecule has 28 heavy (non-hydrogen) atoms. The Morgan fingerprint density at radius 1 is 0.821 bits per heavy atom. The van der Waals surface area contributed by atoms with E-state index in [4.69, 9.17) is 14.2 Å². The van der Waals surface area contributed by atoms with Crippen molar-refractivity contribution in [2.75, 3.05) is 32.0 Å². The van der Waals surface area contributed by atoms with Gasteiger partial charge >= 0.3 is 0 Å². The molecule has 0 spiro atoms. The molecule has 0 aliphatic heterocycles. The monoisotopic (exact) mass is 380 g/mol. The Bertz CT molecular complexity index is 929. The third kappa shape index (κ3) is 4.82. The Kier molecular flexibility index (Phi) is 6.16. The highest BCUT2D eigenvalue weighted by atomic mass is 16.5. The predicted molar refractivity (Wildman–Crippen MR) is 110 cm³/mol. The summed E-state index contributed by atoms with van der Waals surface area (Å²) in [6.07, 6.45) is 0. The average molecular weight is 380 g/mol. The van der Waals surface area contributed by atoms with Crippen molar-refractivity contribution < 1.29 is 14.2 Å². The number of nitrogens with one attached hydrogen (secondary N) is 2. The fraction of sp³-hybridized carbons (Fsp3) is 0.238. The summed E-state index contributed by atoms with van der Waals surface area (Å²) >= 11 is 0. The summed E-state index contributed by atoms with van der Waals surface area (Å²) in [5.74, 6) is 3.43. The smallest absolute Gasteiger partial charge is 0.229 e. The molecule has 1 heterocycles. The van der Waals surface area contributed by atoms with Crippen LogP contribution in [0.3, 0.4) is 0 Å². The van der Waals surface area contributed by atoms with Gasteiger partial charge in [-0.25, -0.2) is 4.98 Å². The van der Waals surface area contributed by atoms with Gasteiger partial charge in [0.05, 0.1) is 27.0 Å². The summed E-state index contributed by atoms with van der Waals surface area (Å²) in [6.45, 7) is 2.57. The quantitative estimate of drug-likeness (QED) is 0.607. The maximum Gasteiger partial charge on any atom is 0.229 e. The van der Waals surface area contributed by atoms with Crippen molar-refractivity contribution in [1.29, 1.82) is 0 Å². The standard InChI is InChI=1S/C21H24N4O3/c1-14-11-20(22-13-15-5-7-16(26-2)8-6-15)25-21(23-14)24-18-12-17(27-3)9-10-19(18)28-4/h5-12H,13H2,1-4H3,(H2,22,23,24,25). The molecule has 0 radical (unpaired) electrons. The first kappa shape index (κ1) is 19.3. The predicted octanol–water partition coefficient (Wildman–Crippen LogP) is 4.17. The lowest BCUT2D eigenvalue weighted by atomic mass is 10.2. The summed E-state index contributed by atoms with van der Waals surface area (Å²) in [6, 6.07) is 15.3. The third-order valence-corrected chi connectivity index (χ3v) is 4.14. The van der Waals surface area contributed by atoms with Crippen molar-refractivity contribution in [3.05, 3.63) is 59.8 Å². The van der Waals surface area contributed by atoms with Crippen molar-refractivity contribution in [2.45, 2.75) is 13.5 Å². The van der Waals surface area contributed by atoms with Gasteiger partial charge in [-0.05, 0) is 36.8 Å². The van der Waals surface area contributed by atoms with Crippen LogP contribution in [-0.4, -0.2) is 31.3 Å². The number of hydrogen-bond donors (Lipinski definition) is 2. The van der Waals surface area contributed by atoms with E-state index >= 15 is 0 Å². The first-order chi connectivity index (χ1) is 13.6. The largest absolute Gasteiger partial charge is 0.497 e. The fourth-order valence-electron chi connectivity index (χ4n) is 2.68. The van der Waals surface area contributed by atoms with Crippen LogP contribution >= 0.6 is 0 Å². The number of methoxy groups -OCH3 is 3. The van der Waals surface area contributed by atoms with Crippen LogP contribution in [0.25, 0.3) is 0 Å². The highest BCUT2D eigenvalue weighted by Gasteiger charge is 2.09. The molecule has 0 atom stereocenters. The molecule has 1 aromatic heterocycles. The van der Waals surface area contributed by atoms with E-state index in [0.29, 0.717) is 24.0 Å². The number of aromatic nitrogens is 2. The van der Waals surface area contributed by atoms with Gasteiger partial charge in [-0.3, -0.25) is 0 Å². The van der Waals surface area contributed by atoms with Crippen LogP contribution in [0.1, 0.15) is 11.3 Å². The first-order valence-electron chi connectivity index (χ1n) is 8.83. The Morgan fingerprint density at radius 2 is 1.54 bits per heavy atom. The molecule has 3 rings (SSSR count). The molecule has 0 unspecified atom stereocenters. The van der Waals surface area contributed by atoms with E-state index < -0.39 is 0 Å². The maximum atomic E-state index is 5.40. The van der Waals surface area contributed by atoms with Gasteiger partial charge in [-0.1, -0.05) is 12.1 Å². The highest BCUT2D eigenvalue weighted by molar-refractivity contribution is 5.65. The van der Waals surface area contributed by atoms with Crippen LogP contribution in [0.4, 0.5) is 17.5 Å². The van der Waals surface area contributed by atoms with Crippen molar-refractivity contribution in [3.8, 4) is 17.2 Å². The lowest BCUT2D eigenvalue weighted by molar-refractivity contribution is 0.405. The first-order valence-corrected chi connectivity index (χ1v) is 8.83. The Morgan fingerprint density at radius 3 is 2.21 bits per heavy atom. The van der Waals surface area contributed by atoms with E-state index in [1.165, 1.54) is 0 Å². The zero-order chi connectivity index (χ0) is 19.9. The molecule has 7 heteroatoms. The van der Waals surface area contributed by atoms with E-state index in [1.807, 2.05) is 55.5 Å². The molecule has 146 valence electrons. The van der Waals surface area contributed by atoms with Gasteiger partial charge in [0.1, 0.15) is 23.1 Å². The van der Waals surface area contributed by atoms with Gasteiger partial charge < -0.3 is 24.8 Å². The van der Waals surface area contributed by atoms with Gasteiger partial charge in [0.25, 0.3) is 0 Å². The third-order valence-electron chi connectivity index (χ3n) is 4.14. The highest BCUT2D eigenvalue weighted by Crippen LogP contribution is 2.31. The number of hydrogen-bond acceptors (Lipinski definition) is 7. The zero-order valence-corrected chi connectivity index (χ0v) is 16.4. The molecular weight excluding hydrogens is 356 g/mol. The molecular formula is C21H24N4O3. The second kappa shape index (κ2) is 8.94. The molecule has 7 nitrogen and oxygen atoms in total. The number of nitrogens with zero attached hydrogens (tertiary/aromatic N) is 2. The normalized spacial score (nSPS) is 10.3. The van der Waals surface area contributed by atoms with Crippen molar-refractivity contribution in [1.82, 2.24) is 9.97 Å². The Labute approximate surface area is 164 Å². The average Bonchev–Trinajstić information content (AvgIpc) is 2.72. The molecule has 0 saturated heterocycles. The molecule has 0 aliphatic rings. The van der Waals surface area contributed by atoms with E-state index in [-0.39, 0.29) is 0 Å². The van der Waals surface area contributed by atoms with Crippen molar-refractivity contribution in [2.24, 2.45) is 0 Å². The SMILES string of the molecule is COc1ccc(CNc2cc(C)nc(Nc3cc(OC)ccc3OC)n2)cc1. The van der Waals surface area contributed by atoms with E-state index in [9.17, 15) is 0 Å². The lowest BCUT2D eigenvalue weighted by Crippen LogP contribution is -2.06. The van der Waals surface area contributed by atoms with E-state index in [2.05, 4.69) is 20.6 Å². The number of benzene rings is 2. The van der Waals surface area contributed by atoms with Crippen LogP contribution in [0, 0.1) is 6.92 Å². The second-order valence-electron chi connectivity index (χ2n) is 6.11. The van der Waals surface area contributed by atoms with Crippen LogP contribution in [-0.2, 0) is 6.54 Å². The van der Waals surface area contributed by atoms with Gasteiger partial charge in [0.2, 0.25) is 5.95 Å².